The fourth-order valence-corrected chi connectivity index (χ4v) is 6.45. The summed E-state index contributed by atoms with van der Waals surface area (Å²) in [6.07, 6.45) is 3.47. The third kappa shape index (κ3) is 5.20. The molecule has 0 atom stereocenters. The summed E-state index contributed by atoms with van der Waals surface area (Å²) in [7, 11) is 2.15. The Morgan fingerprint density at radius 3 is 2.05 bits per heavy atom. The first-order valence-electron chi connectivity index (χ1n) is 14.5. The number of nitrogen functional groups attached to an aromatic ring is 1. The zero-order chi connectivity index (χ0) is 28.6. The predicted octanol–water partition coefficient (Wildman–Crippen LogP) is 4.34. The SMILES string of the molecule is CN1CCN(c2ccc(C(=O)N3CCC4(CC3)CCN(c3ccc(-c5ccc(C=N)c(N)c5)cc3)C4=O)cc2)CC1. The number of benzene rings is 3. The van der Waals surface area contributed by atoms with Crippen LogP contribution >= 0.6 is 0 Å². The molecule has 41 heavy (non-hydrogen) atoms. The molecule has 6 rings (SSSR count). The topological polar surface area (TPSA) is 97.0 Å². The van der Waals surface area contributed by atoms with Gasteiger partial charge in [-0.15, -0.1) is 0 Å². The van der Waals surface area contributed by atoms with E-state index in [2.05, 4.69) is 29.0 Å². The van der Waals surface area contributed by atoms with E-state index in [1.54, 1.807) is 0 Å². The third-order valence-corrected chi connectivity index (χ3v) is 9.26. The number of piperidine rings is 1. The van der Waals surface area contributed by atoms with Gasteiger partial charge in [0.05, 0.1) is 5.41 Å². The van der Waals surface area contributed by atoms with Crippen LogP contribution in [0.2, 0.25) is 0 Å². The molecule has 2 amide bonds. The first kappa shape index (κ1) is 27.0. The lowest BCUT2D eigenvalue weighted by Gasteiger charge is -2.38. The molecule has 1 spiro atoms. The van der Waals surface area contributed by atoms with E-state index in [1.165, 1.54) is 11.9 Å². The van der Waals surface area contributed by atoms with Gasteiger partial charge in [0.2, 0.25) is 5.91 Å². The van der Waals surface area contributed by atoms with Crippen molar-refractivity contribution in [2.75, 3.05) is 68.4 Å². The first-order valence-corrected chi connectivity index (χ1v) is 14.5. The maximum Gasteiger partial charge on any atom is 0.253 e. The fraction of sp³-hybridized carbons (Fsp3) is 0.364. The molecule has 3 aliphatic heterocycles. The smallest absolute Gasteiger partial charge is 0.253 e. The number of carbonyl (C=O) groups is 2. The molecule has 3 fully saturated rings. The average Bonchev–Trinajstić information content (AvgIpc) is 3.32. The minimum absolute atomic E-state index is 0.0527. The molecule has 3 aromatic rings. The number of likely N-dealkylation sites (N-methyl/N-ethyl adjacent to an activating group) is 1. The Balaban J connectivity index is 1.07. The minimum atomic E-state index is -0.391. The monoisotopic (exact) mass is 550 g/mol. The molecule has 0 bridgehead atoms. The molecule has 8 heteroatoms. The van der Waals surface area contributed by atoms with Crippen LogP contribution in [0.5, 0.6) is 0 Å². The molecular weight excluding hydrogens is 512 g/mol. The number of hydrogen-bond donors (Lipinski definition) is 2. The largest absolute Gasteiger partial charge is 0.398 e. The highest BCUT2D eigenvalue weighted by Crippen LogP contribution is 2.43. The second kappa shape index (κ2) is 11.0. The van der Waals surface area contributed by atoms with Crippen LogP contribution in [0.3, 0.4) is 0 Å². The Kier molecular flexibility index (Phi) is 7.26. The molecule has 3 heterocycles. The number of hydrogen-bond acceptors (Lipinski definition) is 6. The van der Waals surface area contributed by atoms with Gasteiger partial charge in [0.25, 0.3) is 5.91 Å². The van der Waals surface area contributed by atoms with Crippen LogP contribution in [0.1, 0.15) is 35.2 Å². The van der Waals surface area contributed by atoms with Gasteiger partial charge in [-0.3, -0.25) is 9.59 Å². The van der Waals surface area contributed by atoms with E-state index in [-0.39, 0.29) is 11.8 Å². The summed E-state index contributed by atoms with van der Waals surface area (Å²) in [5.74, 6) is 0.227. The number of nitrogens with zero attached hydrogens (tertiary/aromatic N) is 4. The van der Waals surface area contributed by atoms with E-state index in [4.69, 9.17) is 11.1 Å². The molecule has 0 aliphatic carbocycles. The Hall–Kier alpha value is -4.17. The standard InChI is InChI=1S/C33H38N6O2/c1-36-18-20-37(21-19-36)28-8-6-25(7-9-28)31(40)38-15-12-33(13-16-38)14-17-39(32(33)41)29-10-4-24(5-11-29)26-2-3-27(23-34)30(35)22-26/h2-11,22-23,34H,12-21,35H2,1H3. The fourth-order valence-electron chi connectivity index (χ4n) is 6.45. The Morgan fingerprint density at radius 2 is 1.41 bits per heavy atom. The van der Waals surface area contributed by atoms with Crippen molar-refractivity contribution in [3.05, 3.63) is 77.9 Å². The van der Waals surface area contributed by atoms with Gasteiger partial charge in [0.15, 0.2) is 0 Å². The van der Waals surface area contributed by atoms with Crippen molar-refractivity contribution >= 4 is 35.1 Å². The van der Waals surface area contributed by atoms with Gasteiger partial charge in [-0.05, 0) is 79.9 Å². The third-order valence-electron chi connectivity index (χ3n) is 9.26. The summed E-state index contributed by atoms with van der Waals surface area (Å²) in [5.41, 5.74) is 11.7. The van der Waals surface area contributed by atoms with Gasteiger partial charge >= 0.3 is 0 Å². The first-order chi connectivity index (χ1) is 19.9. The normalized spacial score (nSPS) is 19.1. The van der Waals surface area contributed by atoms with Crippen LogP contribution in [-0.4, -0.2) is 80.7 Å². The minimum Gasteiger partial charge on any atom is -0.398 e. The maximum atomic E-state index is 13.7. The maximum absolute atomic E-state index is 13.7. The zero-order valence-electron chi connectivity index (χ0n) is 23.7. The molecule has 212 valence electrons. The molecule has 0 radical (unpaired) electrons. The Morgan fingerprint density at radius 1 is 0.805 bits per heavy atom. The van der Waals surface area contributed by atoms with Crippen molar-refractivity contribution in [1.82, 2.24) is 9.80 Å². The number of carbonyl (C=O) groups excluding carboxylic acids is 2. The van der Waals surface area contributed by atoms with Crippen LogP contribution in [-0.2, 0) is 4.79 Å². The van der Waals surface area contributed by atoms with E-state index in [1.807, 2.05) is 64.4 Å². The van der Waals surface area contributed by atoms with Crippen molar-refractivity contribution in [2.24, 2.45) is 5.41 Å². The lowest BCUT2D eigenvalue weighted by atomic mass is 9.77. The summed E-state index contributed by atoms with van der Waals surface area (Å²) in [4.78, 5) is 35.5. The summed E-state index contributed by atoms with van der Waals surface area (Å²) < 4.78 is 0. The van der Waals surface area contributed by atoms with E-state index in [9.17, 15) is 9.59 Å². The lowest BCUT2D eigenvalue weighted by molar-refractivity contribution is -0.127. The van der Waals surface area contributed by atoms with Gasteiger partial charge in [0.1, 0.15) is 0 Å². The highest BCUT2D eigenvalue weighted by Gasteiger charge is 2.49. The van der Waals surface area contributed by atoms with Gasteiger partial charge in [-0.2, -0.15) is 0 Å². The van der Waals surface area contributed by atoms with Crippen molar-refractivity contribution in [3.63, 3.8) is 0 Å². The number of nitrogens with one attached hydrogen (secondary N) is 1. The second-order valence-corrected chi connectivity index (χ2v) is 11.7. The number of rotatable bonds is 5. The number of piperazine rings is 1. The predicted molar refractivity (Wildman–Crippen MR) is 165 cm³/mol. The van der Waals surface area contributed by atoms with Crippen LogP contribution < -0.4 is 15.5 Å². The lowest BCUT2D eigenvalue weighted by Crippen LogP contribution is -2.46. The summed E-state index contributed by atoms with van der Waals surface area (Å²) in [5, 5.41) is 7.44. The molecule has 8 nitrogen and oxygen atoms in total. The van der Waals surface area contributed by atoms with Crippen molar-refractivity contribution in [2.45, 2.75) is 19.3 Å². The van der Waals surface area contributed by atoms with E-state index < -0.39 is 5.41 Å². The Bertz CT molecular complexity index is 1440. The van der Waals surface area contributed by atoms with Crippen molar-refractivity contribution in [1.29, 1.82) is 5.41 Å². The van der Waals surface area contributed by atoms with Crippen LogP contribution in [0.4, 0.5) is 17.1 Å². The molecule has 0 aromatic heterocycles. The van der Waals surface area contributed by atoms with Crippen LogP contribution in [0.25, 0.3) is 11.1 Å². The quantitative estimate of drug-likeness (QED) is 0.364. The summed E-state index contributed by atoms with van der Waals surface area (Å²) in [6.45, 7) is 6.00. The number of anilines is 3. The molecular formula is C33H38N6O2. The van der Waals surface area contributed by atoms with Gasteiger partial charge < -0.3 is 30.7 Å². The number of amides is 2. The van der Waals surface area contributed by atoms with E-state index >= 15 is 0 Å². The molecule has 3 N–H and O–H groups in total. The van der Waals surface area contributed by atoms with Crippen molar-refractivity contribution in [3.8, 4) is 11.1 Å². The van der Waals surface area contributed by atoms with E-state index in [0.29, 0.717) is 49.3 Å². The van der Waals surface area contributed by atoms with Crippen molar-refractivity contribution < 1.29 is 9.59 Å². The summed E-state index contributed by atoms with van der Waals surface area (Å²) >= 11 is 0. The molecule has 0 saturated carbocycles. The highest BCUT2D eigenvalue weighted by atomic mass is 16.2. The van der Waals surface area contributed by atoms with Crippen LogP contribution in [0.15, 0.2) is 66.7 Å². The van der Waals surface area contributed by atoms with Crippen LogP contribution in [0, 0.1) is 10.8 Å². The average molecular weight is 551 g/mol. The van der Waals surface area contributed by atoms with Gasteiger partial charge in [-0.1, -0.05) is 24.3 Å². The zero-order valence-corrected chi connectivity index (χ0v) is 23.7. The molecule has 0 unspecified atom stereocenters. The number of nitrogens with two attached hydrogens (primary N) is 1. The number of likely N-dealkylation sites (tertiary alicyclic amines) is 1. The van der Waals surface area contributed by atoms with Gasteiger partial charge in [0, 0.05) is 80.2 Å². The Labute approximate surface area is 241 Å². The van der Waals surface area contributed by atoms with E-state index in [0.717, 1.165) is 49.4 Å². The second-order valence-electron chi connectivity index (χ2n) is 11.7. The highest BCUT2D eigenvalue weighted by molar-refractivity contribution is 6.01. The van der Waals surface area contributed by atoms with Gasteiger partial charge in [-0.25, -0.2) is 0 Å². The summed E-state index contributed by atoms with van der Waals surface area (Å²) in [6, 6.07) is 21.7. The molecule has 3 aromatic carbocycles. The molecule has 3 aliphatic rings. The molecule has 3 saturated heterocycles.